The number of esters is 2. The second-order valence-corrected chi connectivity index (χ2v) is 6.68. The summed E-state index contributed by atoms with van der Waals surface area (Å²) in [5, 5.41) is 2.07. The van der Waals surface area contributed by atoms with Crippen molar-refractivity contribution in [1.29, 1.82) is 0 Å². The third-order valence-corrected chi connectivity index (χ3v) is 4.34. The van der Waals surface area contributed by atoms with Crippen LogP contribution in [-0.2, 0) is 19.0 Å². The van der Waals surface area contributed by atoms with Crippen molar-refractivity contribution in [2.45, 2.75) is 27.2 Å². The number of fused-ring (bicyclic) bond motifs is 1. The van der Waals surface area contributed by atoms with Gasteiger partial charge in [0.05, 0.1) is 24.2 Å². The highest BCUT2D eigenvalue weighted by Gasteiger charge is 2.26. The maximum absolute atomic E-state index is 12.1. The molecule has 0 atom stereocenters. The summed E-state index contributed by atoms with van der Waals surface area (Å²) < 4.78 is 15.7. The molecule has 0 aliphatic carbocycles. The average molecular weight is 358 g/mol. The molecule has 5 nitrogen and oxygen atoms in total. The molecule has 2 aromatic rings. The molecule has 0 aliphatic heterocycles. The topological polar surface area (TPSA) is 61.8 Å². The molecular formula is C21H26O5. The van der Waals surface area contributed by atoms with E-state index >= 15 is 0 Å². The fourth-order valence-corrected chi connectivity index (χ4v) is 2.23. The van der Waals surface area contributed by atoms with Gasteiger partial charge in [0.25, 0.3) is 0 Å². The second kappa shape index (κ2) is 9.34. The normalized spacial score (nSPS) is 11.3. The molecule has 0 unspecified atom stereocenters. The second-order valence-electron chi connectivity index (χ2n) is 6.68. The van der Waals surface area contributed by atoms with Crippen molar-refractivity contribution in [2.75, 3.05) is 26.4 Å². The van der Waals surface area contributed by atoms with E-state index in [1.807, 2.05) is 57.2 Å². The van der Waals surface area contributed by atoms with Crippen molar-refractivity contribution in [1.82, 2.24) is 0 Å². The number of benzene rings is 2. The van der Waals surface area contributed by atoms with E-state index in [9.17, 15) is 9.59 Å². The first-order valence-corrected chi connectivity index (χ1v) is 8.85. The molecule has 140 valence electrons. The predicted molar refractivity (Wildman–Crippen MR) is 100 cm³/mol. The SMILES string of the molecule is CCC(C)(C)C(=O)OCCOCCOC(=O)c1ccc2ccccc2c1. The summed E-state index contributed by atoms with van der Waals surface area (Å²) in [4.78, 5) is 23.8. The van der Waals surface area contributed by atoms with Gasteiger partial charge in [0.2, 0.25) is 0 Å². The van der Waals surface area contributed by atoms with Crippen molar-refractivity contribution in [3.05, 3.63) is 48.0 Å². The Morgan fingerprint density at radius 2 is 1.54 bits per heavy atom. The molecule has 2 rings (SSSR count). The van der Waals surface area contributed by atoms with E-state index in [-0.39, 0.29) is 38.4 Å². The van der Waals surface area contributed by atoms with Gasteiger partial charge in [-0.05, 0) is 43.2 Å². The van der Waals surface area contributed by atoms with Gasteiger partial charge < -0.3 is 14.2 Å². The van der Waals surface area contributed by atoms with Gasteiger partial charge in [0.1, 0.15) is 13.2 Å². The number of ether oxygens (including phenoxy) is 3. The first kappa shape index (κ1) is 19.9. The molecular weight excluding hydrogens is 332 g/mol. The van der Waals surface area contributed by atoms with Crippen LogP contribution < -0.4 is 0 Å². The summed E-state index contributed by atoms with van der Waals surface area (Å²) >= 11 is 0. The first-order valence-electron chi connectivity index (χ1n) is 8.85. The van der Waals surface area contributed by atoms with Crippen LogP contribution in [0.25, 0.3) is 10.8 Å². The van der Waals surface area contributed by atoms with Gasteiger partial charge in [0.15, 0.2) is 0 Å². The van der Waals surface area contributed by atoms with Crippen molar-refractivity contribution >= 4 is 22.7 Å². The molecule has 0 radical (unpaired) electrons. The number of rotatable bonds is 9. The minimum atomic E-state index is -0.477. The van der Waals surface area contributed by atoms with E-state index in [0.717, 1.165) is 17.2 Å². The molecule has 2 aromatic carbocycles. The fraction of sp³-hybridized carbons (Fsp3) is 0.429. The number of carbonyl (C=O) groups is 2. The van der Waals surface area contributed by atoms with Crippen molar-refractivity contribution in [3.63, 3.8) is 0 Å². The molecule has 0 N–H and O–H groups in total. The molecule has 26 heavy (non-hydrogen) atoms. The molecule has 0 bridgehead atoms. The predicted octanol–water partition coefficient (Wildman–Crippen LogP) is 3.99. The highest BCUT2D eigenvalue weighted by molar-refractivity contribution is 5.95. The number of hydrogen-bond acceptors (Lipinski definition) is 5. The average Bonchev–Trinajstić information content (AvgIpc) is 2.66. The highest BCUT2D eigenvalue weighted by atomic mass is 16.6. The lowest BCUT2D eigenvalue weighted by atomic mass is 9.91. The Bertz CT molecular complexity index is 751. The summed E-state index contributed by atoms with van der Waals surface area (Å²) in [6, 6.07) is 13.3. The van der Waals surface area contributed by atoms with E-state index in [1.54, 1.807) is 6.07 Å². The Hall–Kier alpha value is -2.40. The lowest BCUT2D eigenvalue weighted by Gasteiger charge is -2.20. The summed E-state index contributed by atoms with van der Waals surface area (Å²) in [5.41, 5.74) is 0.0366. The third-order valence-electron chi connectivity index (χ3n) is 4.34. The maximum Gasteiger partial charge on any atom is 0.338 e. The highest BCUT2D eigenvalue weighted by Crippen LogP contribution is 2.21. The minimum Gasteiger partial charge on any atom is -0.463 e. The lowest BCUT2D eigenvalue weighted by molar-refractivity contribution is -0.155. The standard InChI is InChI=1S/C21H26O5/c1-4-21(2,3)20(23)26-14-12-24-11-13-25-19(22)18-10-9-16-7-5-6-8-17(16)15-18/h5-10,15H,4,11-14H2,1-3H3. The van der Waals surface area contributed by atoms with Crippen LogP contribution in [0.15, 0.2) is 42.5 Å². The van der Waals surface area contributed by atoms with Crippen LogP contribution >= 0.6 is 0 Å². The summed E-state index contributed by atoms with van der Waals surface area (Å²) in [7, 11) is 0. The Kier molecular flexibility index (Phi) is 7.16. The van der Waals surface area contributed by atoms with Crippen LogP contribution in [0.3, 0.4) is 0 Å². The first-order chi connectivity index (χ1) is 12.4. The fourth-order valence-electron chi connectivity index (χ4n) is 2.23. The number of carbonyl (C=O) groups excluding carboxylic acids is 2. The van der Waals surface area contributed by atoms with Crippen molar-refractivity contribution in [2.24, 2.45) is 5.41 Å². The monoisotopic (exact) mass is 358 g/mol. The van der Waals surface area contributed by atoms with Crippen molar-refractivity contribution in [3.8, 4) is 0 Å². The van der Waals surface area contributed by atoms with E-state index < -0.39 is 5.41 Å². The molecule has 0 amide bonds. The van der Waals surface area contributed by atoms with Gasteiger partial charge in [-0.3, -0.25) is 4.79 Å². The third kappa shape index (κ3) is 5.56. The van der Waals surface area contributed by atoms with Gasteiger partial charge in [-0.2, -0.15) is 0 Å². The quantitative estimate of drug-likeness (QED) is 0.501. The van der Waals surface area contributed by atoms with Crippen LogP contribution in [0.4, 0.5) is 0 Å². The van der Waals surface area contributed by atoms with Crippen LogP contribution in [0.5, 0.6) is 0 Å². The van der Waals surface area contributed by atoms with Gasteiger partial charge in [-0.15, -0.1) is 0 Å². The molecule has 0 spiro atoms. The van der Waals surface area contributed by atoms with Crippen LogP contribution in [0.1, 0.15) is 37.6 Å². The minimum absolute atomic E-state index is 0.153. The molecule has 0 saturated heterocycles. The molecule has 0 aliphatic rings. The summed E-state index contributed by atoms with van der Waals surface area (Å²) in [6.07, 6.45) is 0.720. The van der Waals surface area contributed by atoms with E-state index in [0.29, 0.717) is 5.56 Å². The van der Waals surface area contributed by atoms with Gasteiger partial charge in [-0.25, -0.2) is 4.79 Å². The Morgan fingerprint density at radius 1 is 0.885 bits per heavy atom. The Morgan fingerprint density at radius 3 is 2.23 bits per heavy atom. The summed E-state index contributed by atoms with van der Waals surface area (Å²) in [6.45, 7) is 6.53. The van der Waals surface area contributed by atoms with E-state index in [4.69, 9.17) is 14.2 Å². The van der Waals surface area contributed by atoms with Crippen LogP contribution in [-0.4, -0.2) is 38.4 Å². The molecule has 0 fully saturated rings. The Balaban J connectivity index is 1.65. The van der Waals surface area contributed by atoms with Gasteiger partial charge in [-0.1, -0.05) is 37.3 Å². The lowest BCUT2D eigenvalue weighted by Crippen LogP contribution is -2.27. The smallest absolute Gasteiger partial charge is 0.338 e. The van der Waals surface area contributed by atoms with Crippen molar-refractivity contribution < 1.29 is 23.8 Å². The number of hydrogen-bond donors (Lipinski definition) is 0. The van der Waals surface area contributed by atoms with E-state index in [2.05, 4.69) is 0 Å². The van der Waals surface area contributed by atoms with Crippen LogP contribution in [0, 0.1) is 5.41 Å². The largest absolute Gasteiger partial charge is 0.463 e. The molecule has 5 heteroatoms. The molecule has 0 saturated carbocycles. The molecule has 0 aromatic heterocycles. The zero-order chi connectivity index (χ0) is 19.0. The Labute approximate surface area is 154 Å². The maximum atomic E-state index is 12.1. The van der Waals surface area contributed by atoms with E-state index in [1.165, 1.54) is 0 Å². The molecule has 0 heterocycles. The van der Waals surface area contributed by atoms with Crippen LogP contribution in [0.2, 0.25) is 0 Å². The summed E-state index contributed by atoms with van der Waals surface area (Å²) in [5.74, 6) is -0.609. The zero-order valence-corrected chi connectivity index (χ0v) is 15.6. The zero-order valence-electron chi connectivity index (χ0n) is 15.6. The van der Waals surface area contributed by atoms with Gasteiger partial charge >= 0.3 is 11.9 Å². The van der Waals surface area contributed by atoms with Gasteiger partial charge in [0, 0.05) is 0 Å².